The topological polar surface area (TPSA) is 55.3 Å². The molecule has 3 heteroatoms. The Bertz CT molecular complexity index is 150. The summed E-state index contributed by atoms with van der Waals surface area (Å²) in [4.78, 5) is 0. The fourth-order valence-corrected chi connectivity index (χ4v) is 0.865. The molecule has 4 N–H and O–H groups in total. The van der Waals surface area contributed by atoms with E-state index < -0.39 is 0 Å². The molecule has 72 valence electrons. The van der Waals surface area contributed by atoms with Gasteiger partial charge in [0, 0.05) is 17.9 Å². The van der Waals surface area contributed by atoms with Crippen molar-refractivity contribution in [1.29, 1.82) is 0 Å². The van der Waals surface area contributed by atoms with Crippen molar-refractivity contribution in [3.05, 3.63) is 11.9 Å². The van der Waals surface area contributed by atoms with Gasteiger partial charge < -0.3 is 10.7 Å². The number of nitrogens with two attached hydrogens (primary N) is 2. The van der Waals surface area contributed by atoms with E-state index in [-0.39, 0.29) is 0 Å². The van der Waals surface area contributed by atoms with Gasteiger partial charge >= 0.3 is 0 Å². The lowest BCUT2D eigenvalue weighted by Gasteiger charge is -2.19. The third-order valence-electron chi connectivity index (χ3n) is 1.56. The fourth-order valence-electron chi connectivity index (χ4n) is 0.865. The Morgan fingerprint density at radius 1 is 1.33 bits per heavy atom. The molecule has 0 spiro atoms. The highest BCUT2D eigenvalue weighted by atomic mass is 15.4. The van der Waals surface area contributed by atoms with Crippen molar-refractivity contribution in [3.8, 4) is 0 Å². The molecule has 0 heterocycles. The Kier molecular flexibility index (Phi) is 4.74. The first kappa shape index (κ1) is 11.3. The zero-order chi connectivity index (χ0) is 9.72. The smallest absolute Gasteiger partial charge is 0.0390 e. The van der Waals surface area contributed by atoms with Crippen LogP contribution in [-0.4, -0.2) is 11.1 Å². The summed E-state index contributed by atoms with van der Waals surface area (Å²) in [6.45, 7) is 8.33. The van der Waals surface area contributed by atoms with Crippen molar-refractivity contribution in [3.63, 3.8) is 0 Å². The average Bonchev–Trinajstić information content (AvgIpc) is 1.84. The predicted octanol–water partition coefficient (Wildman–Crippen LogP) is 1.42. The molecule has 0 aliphatic heterocycles. The lowest BCUT2D eigenvalue weighted by molar-refractivity contribution is 0.318. The van der Waals surface area contributed by atoms with E-state index in [9.17, 15) is 0 Å². The van der Waals surface area contributed by atoms with Gasteiger partial charge in [0.05, 0.1) is 0 Å². The Morgan fingerprint density at radius 3 is 2.17 bits per heavy atom. The standard InChI is InChI=1S/C9H21N3/c1-7(2)5-9(10)6-12(11)8(3)4/h6-8H,5,10-11H2,1-4H3/b9-6-. The molecule has 0 aromatic heterocycles. The van der Waals surface area contributed by atoms with E-state index in [0.717, 1.165) is 12.1 Å². The van der Waals surface area contributed by atoms with Crippen molar-refractivity contribution < 1.29 is 0 Å². The molecule has 0 fully saturated rings. The zero-order valence-corrected chi connectivity index (χ0v) is 8.54. The number of rotatable bonds is 4. The van der Waals surface area contributed by atoms with E-state index in [1.165, 1.54) is 0 Å². The summed E-state index contributed by atoms with van der Waals surface area (Å²) in [6.07, 6.45) is 2.71. The molecule has 0 bridgehead atoms. The largest absolute Gasteiger partial charge is 0.401 e. The molecule has 0 amide bonds. The average molecular weight is 171 g/mol. The molecule has 0 saturated heterocycles. The first-order valence-corrected chi connectivity index (χ1v) is 4.42. The molecule has 0 atom stereocenters. The monoisotopic (exact) mass is 171 g/mol. The van der Waals surface area contributed by atoms with Gasteiger partial charge in [0.25, 0.3) is 0 Å². The Hall–Kier alpha value is -0.700. The molecule has 3 nitrogen and oxygen atoms in total. The van der Waals surface area contributed by atoms with Crippen LogP contribution in [0.3, 0.4) is 0 Å². The molecule has 0 unspecified atom stereocenters. The first-order valence-electron chi connectivity index (χ1n) is 4.42. The Balaban J connectivity index is 3.97. The minimum atomic E-state index is 0.302. The van der Waals surface area contributed by atoms with Crippen molar-refractivity contribution in [1.82, 2.24) is 5.01 Å². The summed E-state index contributed by atoms with van der Waals surface area (Å²) in [5, 5.41) is 1.64. The number of hydrogen-bond donors (Lipinski definition) is 2. The van der Waals surface area contributed by atoms with Crippen LogP contribution >= 0.6 is 0 Å². The van der Waals surface area contributed by atoms with Gasteiger partial charge in [-0.1, -0.05) is 13.8 Å². The van der Waals surface area contributed by atoms with E-state index in [1.807, 2.05) is 20.0 Å². The zero-order valence-electron chi connectivity index (χ0n) is 8.54. The SMILES string of the molecule is CC(C)C/C(N)=C/N(N)C(C)C. The maximum Gasteiger partial charge on any atom is 0.0390 e. The van der Waals surface area contributed by atoms with Crippen molar-refractivity contribution in [2.75, 3.05) is 0 Å². The number of allylic oxidation sites excluding steroid dienone is 1. The van der Waals surface area contributed by atoms with Crippen LogP contribution in [0.1, 0.15) is 34.1 Å². The lowest BCUT2D eigenvalue weighted by Crippen LogP contribution is -2.33. The van der Waals surface area contributed by atoms with E-state index in [1.54, 1.807) is 5.01 Å². The molecule has 0 radical (unpaired) electrons. The highest BCUT2D eigenvalue weighted by Crippen LogP contribution is 2.06. The van der Waals surface area contributed by atoms with Gasteiger partial charge in [-0.05, 0) is 26.2 Å². The number of nitrogens with zero attached hydrogens (tertiary/aromatic N) is 1. The van der Waals surface area contributed by atoms with Crippen LogP contribution in [0.4, 0.5) is 0 Å². The summed E-state index contributed by atoms with van der Waals surface area (Å²) in [7, 11) is 0. The quantitative estimate of drug-likeness (QED) is 0.497. The minimum Gasteiger partial charge on any atom is -0.401 e. The van der Waals surface area contributed by atoms with Crippen LogP contribution in [0, 0.1) is 5.92 Å². The molecular formula is C9H21N3. The second-order valence-corrected chi connectivity index (χ2v) is 3.84. The molecule has 0 aromatic carbocycles. The first-order chi connectivity index (χ1) is 5.43. The molecule has 0 aliphatic rings. The highest BCUT2D eigenvalue weighted by molar-refractivity contribution is 4.96. The third kappa shape index (κ3) is 5.02. The molecule has 0 aliphatic carbocycles. The van der Waals surface area contributed by atoms with E-state index in [0.29, 0.717) is 12.0 Å². The summed E-state index contributed by atoms with van der Waals surface area (Å²) in [5.41, 5.74) is 6.60. The van der Waals surface area contributed by atoms with Crippen LogP contribution in [0.2, 0.25) is 0 Å². The molecule has 0 saturated carbocycles. The van der Waals surface area contributed by atoms with Gasteiger partial charge in [-0.3, -0.25) is 0 Å². The molecule has 0 aromatic rings. The Labute approximate surface area is 75.4 Å². The van der Waals surface area contributed by atoms with Gasteiger partial charge in [0.2, 0.25) is 0 Å². The van der Waals surface area contributed by atoms with Crippen LogP contribution in [0.5, 0.6) is 0 Å². The van der Waals surface area contributed by atoms with E-state index >= 15 is 0 Å². The fraction of sp³-hybridized carbons (Fsp3) is 0.778. The molecular weight excluding hydrogens is 150 g/mol. The predicted molar refractivity (Wildman–Crippen MR) is 52.9 cm³/mol. The summed E-state index contributed by atoms with van der Waals surface area (Å²) < 4.78 is 0. The van der Waals surface area contributed by atoms with E-state index in [2.05, 4.69) is 13.8 Å². The Morgan fingerprint density at radius 2 is 1.83 bits per heavy atom. The van der Waals surface area contributed by atoms with Crippen molar-refractivity contribution in [2.24, 2.45) is 17.5 Å². The minimum absolute atomic E-state index is 0.302. The maximum absolute atomic E-state index is 5.75. The highest BCUT2D eigenvalue weighted by Gasteiger charge is 2.01. The van der Waals surface area contributed by atoms with Crippen LogP contribution in [0.15, 0.2) is 11.9 Å². The van der Waals surface area contributed by atoms with Gasteiger partial charge in [-0.15, -0.1) is 0 Å². The van der Waals surface area contributed by atoms with Crippen LogP contribution in [-0.2, 0) is 0 Å². The normalized spacial score (nSPS) is 12.8. The van der Waals surface area contributed by atoms with Gasteiger partial charge in [0.1, 0.15) is 0 Å². The van der Waals surface area contributed by atoms with Crippen molar-refractivity contribution in [2.45, 2.75) is 40.2 Å². The summed E-state index contributed by atoms with van der Waals surface area (Å²) in [6, 6.07) is 0.302. The van der Waals surface area contributed by atoms with Gasteiger partial charge in [0.15, 0.2) is 0 Å². The maximum atomic E-state index is 5.75. The van der Waals surface area contributed by atoms with Crippen LogP contribution in [0.25, 0.3) is 0 Å². The number of hydrazine groups is 1. The second kappa shape index (κ2) is 5.04. The third-order valence-corrected chi connectivity index (χ3v) is 1.56. The molecule has 0 rings (SSSR count). The van der Waals surface area contributed by atoms with Gasteiger partial charge in [-0.25, -0.2) is 5.84 Å². The lowest BCUT2D eigenvalue weighted by atomic mass is 10.1. The second-order valence-electron chi connectivity index (χ2n) is 3.84. The molecule has 12 heavy (non-hydrogen) atoms. The van der Waals surface area contributed by atoms with E-state index in [4.69, 9.17) is 11.6 Å². The van der Waals surface area contributed by atoms with Gasteiger partial charge in [-0.2, -0.15) is 0 Å². The van der Waals surface area contributed by atoms with Crippen molar-refractivity contribution >= 4 is 0 Å². The number of hydrogen-bond acceptors (Lipinski definition) is 3. The summed E-state index contributed by atoms with van der Waals surface area (Å²) >= 11 is 0. The van der Waals surface area contributed by atoms with Crippen LogP contribution < -0.4 is 11.6 Å². The summed E-state index contributed by atoms with van der Waals surface area (Å²) in [5.74, 6) is 6.26.